The molecule has 0 aliphatic heterocycles. The summed E-state index contributed by atoms with van der Waals surface area (Å²) in [6, 6.07) is 3.88. The maximum Gasteiger partial charge on any atom is 0.240 e. The number of benzene rings is 1. The first kappa shape index (κ1) is 15.4. The summed E-state index contributed by atoms with van der Waals surface area (Å²) in [4.78, 5) is 0.114. The Morgan fingerprint density at radius 1 is 1.40 bits per heavy atom. The first-order valence-corrected chi connectivity index (χ1v) is 8.17. The normalized spacial score (nSPS) is 20.9. The van der Waals surface area contributed by atoms with Crippen molar-refractivity contribution in [3.8, 4) is 0 Å². The van der Waals surface area contributed by atoms with Crippen molar-refractivity contribution in [2.75, 3.05) is 13.6 Å². The molecule has 1 aromatic carbocycles. The van der Waals surface area contributed by atoms with Crippen LogP contribution in [-0.4, -0.2) is 22.0 Å². The molecule has 0 heterocycles. The van der Waals surface area contributed by atoms with Gasteiger partial charge < -0.3 is 5.32 Å². The number of sulfonamides is 1. The molecule has 112 valence electrons. The molecule has 0 amide bonds. The van der Waals surface area contributed by atoms with Gasteiger partial charge in [-0.25, -0.2) is 17.5 Å². The minimum Gasteiger partial charge on any atom is -0.316 e. The van der Waals surface area contributed by atoms with Crippen molar-refractivity contribution in [3.63, 3.8) is 0 Å². The van der Waals surface area contributed by atoms with Gasteiger partial charge in [-0.1, -0.05) is 13.8 Å². The molecule has 1 aliphatic rings. The fourth-order valence-corrected chi connectivity index (χ4v) is 3.39. The van der Waals surface area contributed by atoms with Gasteiger partial charge in [0.15, 0.2) is 0 Å². The lowest BCUT2D eigenvalue weighted by Gasteiger charge is -2.10. The molecule has 0 bridgehead atoms. The van der Waals surface area contributed by atoms with Gasteiger partial charge in [0.2, 0.25) is 10.0 Å². The van der Waals surface area contributed by atoms with Gasteiger partial charge in [-0.2, -0.15) is 0 Å². The number of hydrogen-bond acceptors (Lipinski definition) is 3. The molecular formula is C14H21FN2O2S. The first-order valence-electron chi connectivity index (χ1n) is 6.69. The molecule has 1 aromatic rings. The Morgan fingerprint density at radius 3 is 2.60 bits per heavy atom. The molecule has 20 heavy (non-hydrogen) atoms. The summed E-state index contributed by atoms with van der Waals surface area (Å²) in [5.41, 5.74) is 0.574. The quantitative estimate of drug-likeness (QED) is 0.843. The lowest BCUT2D eigenvalue weighted by molar-refractivity contribution is 0.537. The van der Waals surface area contributed by atoms with Crippen molar-refractivity contribution in [2.24, 2.45) is 11.3 Å². The van der Waals surface area contributed by atoms with Gasteiger partial charge in [0.1, 0.15) is 5.82 Å². The minimum atomic E-state index is -3.57. The standard InChI is InChI=1S/C14H21FN2O2S/c1-14(2)7-11(14)9-17-20(18,19)12-4-5-13(15)10(6-12)8-16-3/h4-6,11,16-17H,7-9H2,1-3H3. The molecule has 1 atom stereocenters. The predicted octanol–water partition coefficient (Wildman–Crippen LogP) is 1.87. The van der Waals surface area contributed by atoms with Crippen molar-refractivity contribution in [3.05, 3.63) is 29.6 Å². The van der Waals surface area contributed by atoms with E-state index in [4.69, 9.17) is 0 Å². The third kappa shape index (κ3) is 3.37. The summed E-state index contributed by atoms with van der Waals surface area (Å²) >= 11 is 0. The van der Waals surface area contributed by atoms with Crippen LogP contribution in [0.1, 0.15) is 25.8 Å². The van der Waals surface area contributed by atoms with Crippen molar-refractivity contribution in [2.45, 2.75) is 31.7 Å². The largest absolute Gasteiger partial charge is 0.316 e. The van der Waals surface area contributed by atoms with E-state index < -0.39 is 15.8 Å². The number of hydrogen-bond donors (Lipinski definition) is 2. The van der Waals surface area contributed by atoms with Crippen LogP contribution in [-0.2, 0) is 16.6 Å². The van der Waals surface area contributed by atoms with Gasteiger partial charge in [0.05, 0.1) is 4.90 Å². The summed E-state index contributed by atoms with van der Waals surface area (Å²) in [6.45, 7) is 4.97. The second-order valence-corrected chi connectivity index (χ2v) is 7.79. The topological polar surface area (TPSA) is 58.2 Å². The van der Waals surface area contributed by atoms with Crippen molar-refractivity contribution >= 4 is 10.0 Å². The maximum absolute atomic E-state index is 13.5. The Hall–Kier alpha value is -0.980. The summed E-state index contributed by atoms with van der Waals surface area (Å²) in [6.07, 6.45) is 1.03. The highest BCUT2D eigenvalue weighted by molar-refractivity contribution is 7.89. The van der Waals surface area contributed by atoms with E-state index in [1.807, 2.05) is 0 Å². The summed E-state index contributed by atoms with van der Waals surface area (Å²) in [7, 11) is -1.88. The maximum atomic E-state index is 13.5. The SMILES string of the molecule is CNCc1cc(S(=O)(=O)NCC2CC2(C)C)ccc1F. The molecule has 2 N–H and O–H groups in total. The highest BCUT2D eigenvalue weighted by Crippen LogP contribution is 2.51. The van der Waals surface area contributed by atoms with Gasteiger partial charge >= 0.3 is 0 Å². The van der Waals surface area contributed by atoms with E-state index in [1.165, 1.54) is 18.2 Å². The Balaban J connectivity index is 2.11. The summed E-state index contributed by atoms with van der Waals surface area (Å²) in [5, 5.41) is 2.82. The molecule has 0 aromatic heterocycles. The number of halogens is 1. The molecule has 1 aliphatic carbocycles. The van der Waals surface area contributed by atoms with Crippen LogP contribution in [0.15, 0.2) is 23.1 Å². The highest BCUT2D eigenvalue weighted by atomic mass is 32.2. The van der Waals surface area contributed by atoms with E-state index in [9.17, 15) is 12.8 Å². The second kappa shape index (κ2) is 5.42. The lowest BCUT2D eigenvalue weighted by Crippen LogP contribution is -2.27. The van der Waals surface area contributed by atoms with Gasteiger partial charge in [-0.3, -0.25) is 0 Å². The van der Waals surface area contributed by atoms with Crippen LogP contribution in [0.3, 0.4) is 0 Å². The van der Waals surface area contributed by atoms with E-state index in [-0.39, 0.29) is 10.3 Å². The molecule has 6 heteroatoms. The van der Waals surface area contributed by atoms with Crippen LogP contribution >= 0.6 is 0 Å². The molecule has 0 spiro atoms. The average Bonchev–Trinajstić information content (AvgIpc) is 2.98. The van der Waals surface area contributed by atoms with Crippen LogP contribution in [0.5, 0.6) is 0 Å². The zero-order chi connectivity index (χ0) is 15.0. The summed E-state index contributed by atoms with van der Waals surface area (Å²) < 4.78 is 40.5. The van der Waals surface area contributed by atoms with Crippen molar-refractivity contribution in [1.82, 2.24) is 10.0 Å². The Kier molecular flexibility index (Phi) is 4.18. The highest BCUT2D eigenvalue weighted by Gasteiger charge is 2.45. The predicted molar refractivity (Wildman–Crippen MR) is 76.2 cm³/mol. The van der Waals surface area contributed by atoms with Crippen LogP contribution in [0.2, 0.25) is 0 Å². The zero-order valence-corrected chi connectivity index (χ0v) is 12.8. The van der Waals surface area contributed by atoms with Crippen LogP contribution in [0.25, 0.3) is 0 Å². The first-order chi connectivity index (χ1) is 9.26. The monoisotopic (exact) mass is 300 g/mol. The number of nitrogens with one attached hydrogen (secondary N) is 2. The fraction of sp³-hybridized carbons (Fsp3) is 0.571. The van der Waals surface area contributed by atoms with E-state index in [1.54, 1.807) is 7.05 Å². The molecule has 1 saturated carbocycles. The van der Waals surface area contributed by atoms with Gasteiger partial charge in [0, 0.05) is 18.7 Å². The zero-order valence-electron chi connectivity index (χ0n) is 12.0. The molecule has 0 radical (unpaired) electrons. The third-order valence-electron chi connectivity index (χ3n) is 3.93. The van der Waals surface area contributed by atoms with E-state index >= 15 is 0 Å². The lowest BCUT2D eigenvalue weighted by atomic mass is 10.1. The molecule has 4 nitrogen and oxygen atoms in total. The van der Waals surface area contributed by atoms with Crippen LogP contribution < -0.4 is 10.0 Å². The molecule has 1 unspecified atom stereocenters. The van der Waals surface area contributed by atoms with Gasteiger partial charge in [-0.05, 0) is 43.0 Å². The van der Waals surface area contributed by atoms with E-state index in [0.29, 0.717) is 24.6 Å². The van der Waals surface area contributed by atoms with Crippen molar-refractivity contribution < 1.29 is 12.8 Å². The second-order valence-electron chi connectivity index (χ2n) is 6.03. The van der Waals surface area contributed by atoms with Crippen LogP contribution in [0.4, 0.5) is 4.39 Å². The third-order valence-corrected chi connectivity index (χ3v) is 5.35. The van der Waals surface area contributed by atoms with Gasteiger partial charge in [-0.15, -0.1) is 0 Å². The van der Waals surface area contributed by atoms with Crippen molar-refractivity contribution in [1.29, 1.82) is 0 Å². The van der Waals surface area contributed by atoms with Gasteiger partial charge in [0.25, 0.3) is 0 Å². The molecule has 0 saturated heterocycles. The Morgan fingerprint density at radius 2 is 2.05 bits per heavy atom. The summed E-state index contributed by atoms with van der Waals surface area (Å²) in [5.74, 6) is -0.0175. The Labute approximate surface area is 119 Å². The minimum absolute atomic E-state index is 0.114. The average molecular weight is 300 g/mol. The smallest absolute Gasteiger partial charge is 0.240 e. The molecular weight excluding hydrogens is 279 g/mol. The Bertz CT molecular complexity index is 599. The van der Waals surface area contributed by atoms with Crippen LogP contribution in [0, 0.1) is 17.2 Å². The van der Waals surface area contributed by atoms with E-state index in [0.717, 1.165) is 6.42 Å². The fourth-order valence-electron chi connectivity index (χ4n) is 2.26. The molecule has 1 fully saturated rings. The van der Waals surface area contributed by atoms with E-state index in [2.05, 4.69) is 23.9 Å². The number of rotatable bonds is 6. The molecule has 2 rings (SSSR count).